The molecule has 0 fully saturated rings. The molecular weight excluding hydrogens is 222 g/mol. The lowest BCUT2D eigenvalue weighted by molar-refractivity contribution is 0.506. The van der Waals surface area contributed by atoms with E-state index in [1.54, 1.807) is 12.3 Å². The van der Waals surface area contributed by atoms with Gasteiger partial charge < -0.3 is 4.57 Å². The maximum Gasteiger partial charge on any atom is 0.159 e. The molecule has 0 N–H and O–H groups in total. The van der Waals surface area contributed by atoms with Crippen molar-refractivity contribution in [2.45, 2.75) is 26.3 Å². The molecule has 0 bridgehead atoms. The summed E-state index contributed by atoms with van der Waals surface area (Å²) in [6.07, 6.45) is 3.56. The Kier molecular flexibility index (Phi) is 3.22. The lowest BCUT2D eigenvalue weighted by atomic mass is 10.2. The molecule has 0 atom stereocenters. The van der Waals surface area contributed by atoms with Gasteiger partial charge in [0.1, 0.15) is 5.82 Å². The number of hydrogen-bond acceptors (Lipinski definition) is 1. The molecule has 0 spiro atoms. The van der Waals surface area contributed by atoms with Gasteiger partial charge in [0.05, 0.1) is 0 Å². The van der Waals surface area contributed by atoms with Crippen molar-refractivity contribution in [1.82, 2.24) is 9.55 Å². The van der Waals surface area contributed by atoms with E-state index in [-0.39, 0.29) is 0 Å². The largest absolute Gasteiger partial charge is 0.330 e. The van der Waals surface area contributed by atoms with E-state index in [0.29, 0.717) is 12.5 Å². The molecule has 0 amide bonds. The molecule has 1 heterocycles. The molecular formula is C13H14F2N2. The summed E-state index contributed by atoms with van der Waals surface area (Å²) in [5.41, 5.74) is 0.726. The standard InChI is InChI=1S/C13H14F2N2/c1-9(2)13-16-5-6-17(13)8-10-3-4-11(14)12(15)7-10/h3-7,9H,8H2,1-2H3. The number of aromatic nitrogens is 2. The van der Waals surface area contributed by atoms with E-state index >= 15 is 0 Å². The first-order valence-corrected chi connectivity index (χ1v) is 5.53. The second-order valence-corrected chi connectivity index (χ2v) is 4.32. The lowest BCUT2D eigenvalue weighted by Gasteiger charge is -2.10. The van der Waals surface area contributed by atoms with Gasteiger partial charge in [0, 0.05) is 24.9 Å². The third-order valence-corrected chi connectivity index (χ3v) is 2.60. The van der Waals surface area contributed by atoms with Gasteiger partial charge in [0.2, 0.25) is 0 Å². The molecule has 0 aliphatic rings. The molecule has 0 saturated heterocycles. The van der Waals surface area contributed by atoms with E-state index < -0.39 is 11.6 Å². The van der Waals surface area contributed by atoms with Gasteiger partial charge in [-0.15, -0.1) is 0 Å². The van der Waals surface area contributed by atoms with Gasteiger partial charge in [-0.3, -0.25) is 0 Å². The van der Waals surface area contributed by atoms with Crippen LogP contribution in [0, 0.1) is 11.6 Å². The highest BCUT2D eigenvalue weighted by Gasteiger charge is 2.08. The van der Waals surface area contributed by atoms with Crippen molar-refractivity contribution in [3.63, 3.8) is 0 Å². The van der Waals surface area contributed by atoms with Crippen LogP contribution in [0.15, 0.2) is 30.6 Å². The Bertz CT molecular complexity index is 518. The van der Waals surface area contributed by atoms with E-state index in [1.165, 1.54) is 6.07 Å². The monoisotopic (exact) mass is 236 g/mol. The van der Waals surface area contributed by atoms with Crippen LogP contribution in [0.3, 0.4) is 0 Å². The van der Waals surface area contributed by atoms with E-state index in [0.717, 1.165) is 17.5 Å². The van der Waals surface area contributed by atoms with Crippen LogP contribution in [0.1, 0.15) is 31.2 Å². The molecule has 4 heteroatoms. The highest BCUT2D eigenvalue weighted by molar-refractivity contribution is 5.19. The van der Waals surface area contributed by atoms with Gasteiger partial charge in [0.15, 0.2) is 11.6 Å². The minimum absolute atomic E-state index is 0.301. The van der Waals surface area contributed by atoms with Crippen LogP contribution in [0.5, 0.6) is 0 Å². The SMILES string of the molecule is CC(C)c1nccn1Cc1ccc(F)c(F)c1. The molecule has 0 radical (unpaired) electrons. The topological polar surface area (TPSA) is 17.8 Å². The van der Waals surface area contributed by atoms with Crippen molar-refractivity contribution in [3.8, 4) is 0 Å². The summed E-state index contributed by atoms with van der Waals surface area (Å²) >= 11 is 0. The number of halogens is 2. The molecule has 2 aromatic rings. The molecule has 0 saturated carbocycles. The molecule has 17 heavy (non-hydrogen) atoms. The normalized spacial score (nSPS) is 11.1. The fourth-order valence-corrected chi connectivity index (χ4v) is 1.79. The number of nitrogens with zero attached hydrogens (tertiary/aromatic N) is 2. The molecule has 0 unspecified atom stereocenters. The van der Waals surface area contributed by atoms with Gasteiger partial charge in [0.25, 0.3) is 0 Å². The van der Waals surface area contributed by atoms with Crippen molar-refractivity contribution >= 4 is 0 Å². The van der Waals surface area contributed by atoms with Crippen LogP contribution < -0.4 is 0 Å². The van der Waals surface area contributed by atoms with Crippen LogP contribution >= 0.6 is 0 Å². The fraction of sp³-hybridized carbons (Fsp3) is 0.308. The first kappa shape index (κ1) is 11.8. The van der Waals surface area contributed by atoms with Crippen LogP contribution in [-0.4, -0.2) is 9.55 Å². The van der Waals surface area contributed by atoms with Crippen LogP contribution in [0.2, 0.25) is 0 Å². The Hall–Kier alpha value is -1.71. The Morgan fingerprint density at radius 3 is 2.65 bits per heavy atom. The zero-order valence-electron chi connectivity index (χ0n) is 9.82. The van der Waals surface area contributed by atoms with E-state index in [1.807, 2.05) is 24.6 Å². The molecule has 0 aliphatic carbocycles. The van der Waals surface area contributed by atoms with Crippen LogP contribution in [-0.2, 0) is 6.54 Å². The molecule has 1 aromatic heterocycles. The Morgan fingerprint density at radius 2 is 2.00 bits per heavy atom. The summed E-state index contributed by atoms with van der Waals surface area (Å²) in [5.74, 6) is -0.387. The second-order valence-electron chi connectivity index (χ2n) is 4.32. The first-order chi connectivity index (χ1) is 8.08. The van der Waals surface area contributed by atoms with Crippen LogP contribution in [0.25, 0.3) is 0 Å². The van der Waals surface area contributed by atoms with Crippen LogP contribution in [0.4, 0.5) is 8.78 Å². The molecule has 0 aliphatic heterocycles. The maximum atomic E-state index is 13.1. The minimum atomic E-state index is -0.816. The summed E-state index contributed by atoms with van der Waals surface area (Å²) in [4.78, 5) is 4.25. The number of rotatable bonds is 3. The maximum absolute atomic E-state index is 13.1. The average molecular weight is 236 g/mol. The predicted octanol–water partition coefficient (Wildman–Crippen LogP) is 3.33. The van der Waals surface area contributed by atoms with Crippen molar-refractivity contribution < 1.29 is 8.78 Å². The average Bonchev–Trinajstić information content (AvgIpc) is 2.72. The fourth-order valence-electron chi connectivity index (χ4n) is 1.79. The lowest BCUT2D eigenvalue weighted by Crippen LogP contribution is -2.06. The quantitative estimate of drug-likeness (QED) is 0.799. The molecule has 1 aromatic carbocycles. The third-order valence-electron chi connectivity index (χ3n) is 2.60. The third kappa shape index (κ3) is 2.52. The molecule has 2 nitrogen and oxygen atoms in total. The summed E-state index contributed by atoms with van der Waals surface area (Å²) in [6.45, 7) is 4.60. The van der Waals surface area contributed by atoms with Gasteiger partial charge in [-0.1, -0.05) is 19.9 Å². The summed E-state index contributed by atoms with van der Waals surface area (Å²) < 4.78 is 27.8. The van der Waals surface area contributed by atoms with Crippen molar-refractivity contribution in [2.75, 3.05) is 0 Å². The summed E-state index contributed by atoms with van der Waals surface area (Å²) in [5, 5.41) is 0. The Labute approximate surface area is 98.9 Å². The van der Waals surface area contributed by atoms with Crippen molar-refractivity contribution in [2.24, 2.45) is 0 Å². The zero-order chi connectivity index (χ0) is 12.4. The van der Waals surface area contributed by atoms with Gasteiger partial charge in [-0.25, -0.2) is 13.8 Å². The first-order valence-electron chi connectivity index (χ1n) is 5.53. The molecule has 90 valence electrons. The van der Waals surface area contributed by atoms with Crippen molar-refractivity contribution in [1.29, 1.82) is 0 Å². The number of imidazole rings is 1. The second kappa shape index (κ2) is 4.65. The highest BCUT2D eigenvalue weighted by atomic mass is 19.2. The van der Waals surface area contributed by atoms with Crippen molar-refractivity contribution in [3.05, 3.63) is 53.6 Å². The van der Waals surface area contributed by atoms with Gasteiger partial charge >= 0.3 is 0 Å². The summed E-state index contributed by atoms with van der Waals surface area (Å²) in [6, 6.07) is 3.96. The van der Waals surface area contributed by atoms with E-state index in [4.69, 9.17) is 0 Å². The zero-order valence-corrected chi connectivity index (χ0v) is 9.82. The minimum Gasteiger partial charge on any atom is -0.330 e. The molecule has 2 rings (SSSR count). The smallest absolute Gasteiger partial charge is 0.159 e. The number of hydrogen-bond donors (Lipinski definition) is 0. The van der Waals surface area contributed by atoms with E-state index in [9.17, 15) is 8.78 Å². The predicted molar refractivity (Wildman–Crippen MR) is 61.8 cm³/mol. The Morgan fingerprint density at radius 1 is 1.24 bits per heavy atom. The summed E-state index contributed by atoms with van der Waals surface area (Å²) in [7, 11) is 0. The van der Waals surface area contributed by atoms with Gasteiger partial charge in [-0.2, -0.15) is 0 Å². The highest BCUT2D eigenvalue weighted by Crippen LogP contribution is 2.15. The Balaban J connectivity index is 2.25. The number of benzene rings is 1. The van der Waals surface area contributed by atoms with Gasteiger partial charge in [-0.05, 0) is 17.7 Å². The van der Waals surface area contributed by atoms with E-state index in [2.05, 4.69) is 4.98 Å².